The van der Waals surface area contributed by atoms with Crippen molar-refractivity contribution < 1.29 is 9.59 Å². The van der Waals surface area contributed by atoms with Gasteiger partial charge in [0.15, 0.2) is 0 Å². The van der Waals surface area contributed by atoms with E-state index in [9.17, 15) is 14.9 Å². The Morgan fingerprint density at radius 1 is 1.14 bits per heavy atom. The van der Waals surface area contributed by atoms with Crippen molar-refractivity contribution in [3.63, 3.8) is 0 Å². The standard InChI is InChI=1S/C23H26N4O2/c24-14-17(23(29)25-19-9-10-19)13-18-15-27(21-8-4-3-7-20(18)21)16-22(28)26-11-5-1-2-6-12-26/h3-4,7-8,13,15,19H,1-2,5-6,9-12,16H2,(H,25,29)/b17-13+. The van der Waals surface area contributed by atoms with Crippen LogP contribution >= 0.6 is 0 Å². The Balaban J connectivity index is 1.60. The van der Waals surface area contributed by atoms with E-state index < -0.39 is 0 Å². The van der Waals surface area contributed by atoms with Gasteiger partial charge in [-0.25, -0.2) is 0 Å². The highest BCUT2D eigenvalue weighted by Gasteiger charge is 2.25. The first-order chi connectivity index (χ1) is 14.2. The van der Waals surface area contributed by atoms with Gasteiger partial charge in [0, 0.05) is 41.8 Å². The first kappa shape index (κ1) is 19.3. The van der Waals surface area contributed by atoms with Crippen LogP contribution in [0.15, 0.2) is 36.0 Å². The van der Waals surface area contributed by atoms with E-state index in [0.29, 0.717) is 0 Å². The van der Waals surface area contributed by atoms with Gasteiger partial charge in [0.25, 0.3) is 5.91 Å². The first-order valence-electron chi connectivity index (χ1n) is 10.4. The van der Waals surface area contributed by atoms with Gasteiger partial charge < -0.3 is 14.8 Å². The molecule has 1 aromatic carbocycles. The van der Waals surface area contributed by atoms with E-state index >= 15 is 0 Å². The molecular formula is C23H26N4O2. The molecule has 1 aliphatic heterocycles. The molecule has 2 amide bonds. The minimum atomic E-state index is -0.326. The molecule has 6 heteroatoms. The summed E-state index contributed by atoms with van der Waals surface area (Å²) in [7, 11) is 0. The lowest BCUT2D eigenvalue weighted by Crippen LogP contribution is -2.34. The van der Waals surface area contributed by atoms with Gasteiger partial charge in [-0.15, -0.1) is 0 Å². The molecule has 1 N–H and O–H groups in total. The van der Waals surface area contributed by atoms with Crippen LogP contribution in [-0.4, -0.2) is 40.4 Å². The van der Waals surface area contributed by atoms with Crippen LogP contribution in [0.5, 0.6) is 0 Å². The summed E-state index contributed by atoms with van der Waals surface area (Å²) in [4.78, 5) is 27.1. The molecule has 29 heavy (non-hydrogen) atoms. The summed E-state index contributed by atoms with van der Waals surface area (Å²) < 4.78 is 1.93. The predicted molar refractivity (Wildman–Crippen MR) is 112 cm³/mol. The number of carbonyl (C=O) groups excluding carboxylic acids is 2. The minimum Gasteiger partial charge on any atom is -0.349 e. The summed E-state index contributed by atoms with van der Waals surface area (Å²) >= 11 is 0. The Kier molecular flexibility index (Phi) is 5.66. The lowest BCUT2D eigenvalue weighted by molar-refractivity contribution is -0.131. The molecule has 0 radical (unpaired) electrons. The van der Waals surface area contributed by atoms with Crippen molar-refractivity contribution in [3.05, 3.63) is 41.6 Å². The third-order valence-electron chi connectivity index (χ3n) is 5.66. The summed E-state index contributed by atoms with van der Waals surface area (Å²) in [6.07, 6.45) is 9.96. The van der Waals surface area contributed by atoms with Gasteiger partial charge in [0.05, 0.1) is 0 Å². The molecule has 1 saturated carbocycles. The van der Waals surface area contributed by atoms with Gasteiger partial charge in [-0.2, -0.15) is 5.26 Å². The molecule has 0 spiro atoms. The van der Waals surface area contributed by atoms with Crippen molar-refractivity contribution in [2.24, 2.45) is 0 Å². The van der Waals surface area contributed by atoms with E-state index in [1.807, 2.05) is 46.0 Å². The zero-order valence-corrected chi connectivity index (χ0v) is 16.6. The molecular weight excluding hydrogens is 364 g/mol. The summed E-state index contributed by atoms with van der Waals surface area (Å²) in [5, 5.41) is 13.3. The van der Waals surface area contributed by atoms with Crippen LogP contribution < -0.4 is 5.32 Å². The number of aromatic nitrogens is 1. The number of nitrogens with zero attached hydrogens (tertiary/aromatic N) is 3. The number of para-hydroxylation sites is 1. The van der Waals surface area contributed by atoms with E-state index in [1.165, 1.54) is 12.8 Å². The molecule has 2 aromatic rings. The SMILES string of the molecule is N#C/C(=C\c1cn(CC(=O)N2CCCCCC2)c2ccccc12)C(=O)NC1CC1. The van der Waals surface area contributed by atoms with Gasteiger partial charge >= 0.3 is 0 Å². The number of rotatable bonds is 5. The second-order valence-electron chi connectivity index (χ2n) is 7.94. The van der Waals surface area contributed by atoms with Gasteiger partial charge in [-0.05, 0) is 37.8 Å². The third kappa shape index (κ3) is 4.51. The number of amides is 2. The molecule has 4 rings (SSSR count). The van der Waals surface area contributed by atoms with Gasteiger partial charge in [-0.1, -0.05) is 31.0 Å². The van der Waals surface area contributed by atoms with Crippen molar-refractivity contribution in [2.75, 3.05) is 13.1 Å². The molecule has 0 unspecified atom stereocenters. The molecule has 1 aromatic heterocycles. The maximum absolute atomic E-state index is 12.9. The Hall–Kier alpha value is -3.07. The smallest absolute Gasteiger partial charge is 0.262 e. The van der Waals surface area contributed by atoms with E-state index in [1.54, 1.807) is 6.08 Å². The lowest BCUT2D eigenvalue weighted by atomic mass is 10.1. The fourth-order valence-electron chi connectivity index (χ4n) is 3.88. The summed E-state index contributed by atoms with van der Waals surface area (Å²) in [5.41, 5.74) is 1.81. The molecule has 1 saturated heterocycles. The molecule has 2 aliphatic rings. The topological polar surface area (TPSA) is 78.1 Å². The van der Waals surface area contributed by atoms with Crippen LogP contribution in [0.4, 0.5) is 0 Å². The number of nitriles is 1. The normalized spacial score (nSPS) is 17.6. The van der Waals surface area contributed by atoms with Gasteiger partial charge in [0.1, 0.15) is 18.2 Å². The maximum atomic E-state index is 12.9. The Morgan fingerprint density at radius 3 is 2.55 bits per heavy atom. The number of hydrogen-bond acceptors (Lipinski definition) is 3. The van der Waals surface area contributed by atoms with Crippen molar-refractivity contribution in [2.45, 2.75) is 51.1 Å². The fourth-order valence-corrected chi connectivity index (χ4v) is 3.88. The predicted octanol–water partition coefficient (Wildman–Crippen LogP) is 3.23. The van der Waals surface area contributed by atoms with Crippen LogP contribution in [0.2, 0.25) is 0 Å². The van der Waals surface area contributed by atoms with Crippen molar-refractivity contribution in [1.29, 1.82) is 5.26 Å². The highest BCUT2D eigenvalue weighted by Crippen LogP contribution is 2.25. The Bertz CT molecular complexity index is 986. The summed E-state index contributed by atoms with van der Waals surface area (Å²) in [5.74, 6) is -0.206. The van der Waals surface area contributed by atoms with E-state index in [0.717, 1.165) is 55.2 Å². The van der Waals surface area contributed by atoms with Crippen LogP contribution in [0.1, 0.15) is 44.1 Å². The second kappa shape index (κ2) is 8.52. The van der Waals surface area contributed by atoms with Crippen molar-refractivity contribution >= 4 is 28.8 Å². The zero-order chi connectivity index (χ0) is 20.2. The van der Waals surface area contributed by atoms with Crippen molar-refractivity contribution in [1.82, 2.24) is 14.8 Å². The van der Waals surface area contributed by atoms with Gasteiger partial charge in [0.2, 0.25) is 5.91 Å². The fraction of sp³-hybridized carbons (Fsp3) is 0.435. The third-order valence-corrected chi connectivity index (χ3v) is 5.66. The average molecular weight is 390 g/mol. The number of fused-ring (bicyclic) bond motifs is 1. The number of likely N-dealkylation sites (tertiary alicyclic amines) is 1. The number of carbonyl (C=O) groups is 2. The molecule has 2 fully saturated rings. The summed E-state index contributed by atoms with van der Waals surface area (Å²) in [6.45, 7) is 1.92. The molecule has 0 bridgehead atoms. The van der Waals surface area contributed by atoms with E-state index in [-0.39, 0.29) is 30.0 Å². The highest BCUT2D eigenvalue weighted by atomic mass is 16.2. The number of hydrogen-bond donors (Lipinski definition) is 1. The molecule has 0 atom stereocenters. The molecule has 6 nitrogen and oxygen atoms in total. The second-order valence-corrected chi connectivity index (χ2v) is 7.94. The van der Waals surface area contributed by atoms with Crippen molar-refractivity contribution in [3.8, 4) is 6.07 Å². The monoisotopic (exact) mass is 390 g/mol. The molecule has 150 valence electrons. The van der Waals surface area contributed by atoms with Crippen LogP contribution in [0.3, 0.4) is 0 Å². The zero-order valence-electron chi connectivity index (χ0n) is 16.6. The summed E-state index contributed by atoms with van der Waals surface area (Å²) in [6, 6.07) is 10.0. The van der Waals surface area contributed by atoms with E-state index in [2.05, 4.69) is 5.32 Å². The van der Waals surface area contributed by atoms with Crippen LogP contribution in [0.25, 0.3) is 17.0 Å². The Labute approximate surface area is 170 Å². The van der Waals surface area contributed by atoms with Crippen LogP contribution in [0, 0.1) is 11.3 Å². The van der Waals surface area contributed by atoms with Crippen LogP contribution in [-0.2, 0) is 16.1 Å². The molecule has 2 heterocycles. The Morgan fingerprint density at radius 2 is 1.86 bits per heavy atom. The quantitative estimate of drug-likeness (QED) is 0.629. The molecule has 1 aliphatic carbocycles. The van der Waals surface area contributed by atoms with Gasteiger partial charge in [-0.3, -0.25) is 9.59 Å². The number of nitrogens with one attached hydrogen (secondary N) is 1. The minimum absolute atomic E-state index is 0.0960. The largest absolute Gasteiger partial charge is 0.349 e. The first-order valence-corrected chi connectivity index (χ1v) is 10.4. The highest BCUT2D eigenvalue weighted by molar-refractivity contribution is 6.04. The maximum Gasteiger partial charge on any atom is 0.262 e. The average Bonchev–Trinajstić information content (AvgIpc) is 3.52. The van der Waals surface area contributed by atoms with E-state index in [4.69, 9.17) is 0 Å². The number of benzene rings is 1. The lowest BCUT2D eigenvalue weighted by Gasteiger charge is -2.20.